The number of rotatable bonds is 3. The highest BCUT2D eigenvalue weighted by Crippen LogP contribution is 2.30. The third kappa shape index (κ3) is 2.55. The molecule has 0 aliphatic carbocycles. The van der Waals surface area contributed by atoms with Crippen LogP contribution >= 0.6 is 0 Å². The van der Waals surface area contributed by atoms with Gasteiger partial charge in [-0.2, -0.15) is 0 Å². The molecule has 0 bridgehead atoms. The van der Waals surface area contributed by atoms with Crippen LogP contribution in [0.1, 0.15) is 29.2 Å². The maximum Gasteiger partial charge on any atom is 0.0816 e. The minimum atomic E-state index is -0.651. The van der Waals surface area contributed by atoms with Gasteiger partial charge in [-0.15, -0.1) is 0 Å². The summed E-state index contributed by atoms with van der Waals surface area (Å²) >= 11 is 0. The van der Waals surface area contributed by atoms with E-state index in [0.717, 1.165) is 11.1 Å². The molecular formula is C17H22N2. The van der Waals surface area contributed by atoms with Crippen molar-refractivity contribution >= 4 is 0 Å². The zero-order valence-corrected chi connectivity index (χ0v) is 11.9. The van der Waals surface area contributed by atoms with E-state index in [1.165, 1.54) is 11.1 Å². The lowest BCUT2D eigenvalue weighted by molar-refractivity contribution is 0.446. The van der Waals surface area contributed by atoms with E-state index >= 15 is 0 Å². The van der Waals surface area contributed by atoms with Crippen molar-refractivity contribution in [2.75, 3.05) is 0 Å². The summed E-state index contributed by atoms with van der Waals surface area (Å²) in [6.45, 7) is 6.10. The van der Waals surface area contributed by atoms with Gasteiger partial charge in [-0.25, -0.2) is 0 Å². The predicted octanol–water partition coefficient (Wildman–Crippen LogP) is 2.85. The van der Waals surface area contributed by atoms with Crippen LogP contribution in [0.15, 0.2) is 48.5 Å². The molecule has 1 atom stereocenters. The Morgan fingerprint density at radius 2 is 1.11 bits per heavy atom. The minimum absolute atomic E-state index is 0.169. The van der Waals surface area contributed by atoms with Crippen LogP contribution in [0.3, 0.4) is 0 Å². The average Bonchev–Trinajstić information content (AvgIpc) is 2.39. The van der Waals surface area contributed by atoms with Crippen LogP contribution in [0.2, 0.25) is 0 Å². The number of hydrogen-bond acceptors (Lipinski definition) is 2. The second kappa shape index (κ2) is 5.16. The first kappa shape index (κ1) is 13.8. The molecule has 0 aliphatic heterocycles. The van der Waals surface area contributed by atoms with E-state index < -0.39 is 5.54 Å². The molecule has 4 N–H and O–H groups in total. The van der Waals surface area contributed by atoms with Gasteiger partial charge in [-0.05, 0) is 31.9 Å². The summed E-state index contributed by atoms with van der Waals surface area (Å²) in [4.78, 5) is 0. The van der Waals surface area contributed by atoms with Crippen LogP contribution in [0, 0.1) is 13.8 Å². The lowest BCUT2D eigenvalue weighted by Crippen LogP contribution is -2.51. The van der Waals surface area contributed by atoms with Crippen molar-refractivity contribution in [3.05, 3.63) is 70.8 Å². The monoisotopic (exact) mass is 254 g/mol. The summed E-state index contributed by atoms with van der Waals surface area (Å²) in [6.07, 6.45) is 0. The number of aryl methyl sites for hydroxylation is 2. The van der Waals surface area contributed by atoms with Crippen LogP contribution in [-0.4, -0.2) is 6.04 Å². The van der Waals surface area contributed by atoms with Gasteiger partial charge in [0.2, 0.25) is 0 Å². The molecule has 2 heteroatoms. The molecule has 0 aromatic heterocycles. The quantitative estimate of drug-likeness (QED) is 0.885. The van der Waals surface area contributed by atoms with Gasteiger partial charge in [-0.1, -0.05) is 59.7 Å². The fourth-order valence-electron chi connectivity index (χ4n) is 2.35. The first-order chi connectivity index (χ1) is 8.94. The molecular weight excluding hydrogens is 232 g/mol. The molecule has 0 radical (unpaired) electrons. The molecule has 0 spiro atoms. The van der Waals surface area contributed by atoms with Gasteiger partial charge in [0.1, 0.15) is 0 Å². The highest BCUT2D eigenvalue weighted by molar-refractivity contribution is 5.41. The second-order valence-electron chi connectivity index (χ2n) is 5.39. The number of hydrogen-bond donors (Lipinski definition) is 2. The Hall–Kier alpha value is -1.64. The zero-order chi connectivity index (χ0) is 14.0. The molecule has 2 rings (SSSR count). The van der Waals surface area contributed by atoms with Crippen molar-refractivity contribution in [3.8, 4) is 0 Å². The highest BCUT2D eigenvalue weighted by atomic mass is 14.9. The van der Waals surface area contributed by atoms with E-state index in [4.69, 9.17) is 11.5 Å². The van der Waals surface area contributed by atoms with Crippen LogP contribution in [0.5, 0.6) is 0 Å². The normalized spacial score (nSPS) is 13.3. The van der Waals surface area contributed by atoms with Gasteiger partial charge in [0.25, 0.3) is 0 Å². The van der Waals surface area contributed by atoms with Gasteiger partial charge in [0.05, 0.1) is 5.54 Å². The van der Waals surface area contributed by atoms with Gasteiger partial charge >= 0.3 is 0 Å². The average molecular weight is 254 g/mol. The van der Waals surface area contributed by atoms with Crippen LogP contribution in [0.4, 0.5) is 0 Å². The first-order valence-electron chi connectivity index (χ1n) is 6.63. The topological polar surface area (TPSA) is 52.0 Å². The van der Waals surface area contributed by atoms with E-state index in [1.54, 1.807) is 0 Å². The van der Waals surface area contributed by atoms with E-state index in [0.29, 0.717) is 0 Å². The third-order valence-corrected chi connectivity index (χ3v) is 3.78. The highest BCUT2D eigenvalue weighted by Gasteiger charge is 2.33. The molecule has 19 heavy (non-hydrogen) atoms. The molecule has 2 aromatic carbocycles. The van der Waals surface area contributed by atoms with E-state index in [2.05, 4.69) is 62.4 Å². The molecule has 0 saturated carbocycles. The Morgan fingerprint density at radius 3 is 1.37 bits per heavy atom. The molecule has 0 aliphatic rings. The van der Waals surface area contributed by atoms with Crippen molar-refractivity contribution in [1.82, 2.24) is 0 Å². The van der Waals surface area contributed by atoms with Crippen molar-refractivity contribution in [2.45, 2.75) is 32.4 Å². The number of benzene rings is 2. The SMILES string of the molecule is Cc1ccc(C(N)(c2ccc(C)cc2)[C@@H](C)N)cc1. The third-order valence-electron chi connectivity index (χ3n) is 3.78. The Labute approximate surface area is 115 Å². The van der Waals surface area contributed by atoms with Crippen molar-refractivity contribution in [1.29, 1.82) is 0 Å². The zero-order valence-electron chi connectivity index (χ0n) is 11.9. The lowest BCUT2D eigenvalue weighted by Gasteiger charge is -2.34. The summed E-state index contributed by atoms with van der Waals surface area (Å²) in [5.41, 5.74) is 16.7. The van der Waals surface area contributed by atoms with E-state index in [1.807, 2.05) is 6.92 Å². The summed E-state index contributed by atoms with van der Waals surface area (Å²) in [6, 6.07) is 16.4. The molecule has 2 aromatic rings. The van der Waals surface area contributed by atoms with Crippen LogP contribution in [0.25, 0.3) is 0 Å². The molecule has 0 heterocycles. The largest absolute Gasteiger partial charge is 0.326 e. The predicted molar refractivity (Wildman–Crippen MR) is 81.0 cm³/mol. The summed E-state index contributed by atoms with van der Waals surface area (Å²) < 4.78 is 0. The molecule has 0 saturated heterocycles. The summed E-state index contributed by atoms with van der Waals surface area (Å²) in [5.74, 6) is 0. The molecule has 100 valence electrons. The van der Waals surface area contributed by atoms with E-state index in [9.17, 15) is 0 Å². The first-order valence-corrected chi connectivity index (χ1v) is 6.63. The maximum absolute atomic E-state index is 6.66. The van der Waals surface area contributed by atoms with Crippen molar-refractivity contribution in [2.24, 2.45) is 11.5 Å². The summed E-state index contributed by atoms with van der Waals surface area (Å²) in [7, 11) is 0. The Balaban J connectivity index is 2.54. The van der Waals surface area contributed by atoms with Crippen molar-refractivity contribution < 1.29 is 0 Å². The Kier molecular flexibility index (Phi) is 3.74. The maximum atomic E-state index is 6.66. The molecule has 2 nitrogen and oxygen atoms in total. The Bertz CT molecular complexity index is 493. The van der Waals surface area contributed by atoms with Gasteiger partial charge in [-0.3, -0.25) is 0 Å². The molecule has 0 fully saturated rings. The number of nitrogens with two attached hydrogens (primary N) is 2. The minimum Gasteiger partial charge on any atom is -0.326 e. The molecule has 0 unspecified atom stereocenters. The smallest absolute Gasteiger partial charge is 0.0816 e. The summed E-state index contributed by atoms with van der Waals surface area (Å²) in [5, 5.41) is 0. The van der Waals surface area contributed by atoms with Crippen molar-refractivity contribution in [3.63, 3.8) is 0 Å². The van der Waals surface area contributed by atoms with Gasteiger partial charge in [0.15, 0.2) is 0 Å². The van der Waals surface area contributed by atoms with Gasteiger partial charge < -0.3 is 11.5 Å². The fraction of sp³-hybridized carbons (Fsp3) is 0.294. The van der Waals surface area contributed by atoms with E-state index in [-0.39, 0.29) is 6.04 Å². The Morgan fingerprint density at radius 1 is 0.789 bits per heavy atom. The van der Waals surface area contributed by atoms with Gasteiger partial charge in [0, 0.05) is 6.04 Å². The second-order valence-corrected chi connectivity index (χ2v) is 5.39. The van der Waals surface area contributed by atoms with Crippen LogP contribution in [-0.2, 0) is 5.54 Å². The standard InChI is InChI=1S/C17H22N2/c1-12-4-8-15(9-5-12)17(19,14(3)18)16-10-6-13(2)7-11-16/h4-11,14H,18-19H2,1-3H3/t14-/m1/s1. The van der Waals surface area contributed by atoms with Crippen LogP contribution < -0.4 is 11.5 Å². The fourth-order valence-corrected chi connectivity index (χ4v) is 2.35. The molecule has 0 amide bonds. The lowest BCUT2D eigenvalue weighted by atomic mass is 9.78.